The number of hydrogen-bond acceptors (Lipinski definition) is 6. The van der Waals surface area contributed by atoms with Crippen LogP contribution in [0.5, 0.6) is 0 Å². The number of aromatic amines is 1. The Morgan fingerprint density at radius 2 is 2.07 bits per heavy atom. The van der Waals surface area contributed by atoms with E-state index in [1.54, 1.807) is 0 Å². The molecule has 1 aliphatic carbocycles. The summed E-state index contributed by atoms with van der Waals surface area (Å²) in [7, 11) is -3.34. The van der Waals surface area contributed by atoms with E-state index in [9.17, 15) is 17.8 Å². The molecule has 0 bridgehead atoms. The zero-order valence-electron chi connectivity index (χ0n) is 16.8. The van der Waals surface area contributed by atoms with Crippen LogP contribution in [0.4, 0.5) is 0 Å². The number of ether oxygens (including phenoxy) is 1. The van der Waals surface area contributed by atoms with E-state index in [-0.39, 0.29) is 17.9 Å². The highest BCUT2D eigenvalue weighted by molar-refractivity contribution is 7.80. The zero-order chi connectivity index (χ0) is 21.0. The smallest absolute Gasteiger partial charge is 0.397 e. The number of hydrogen-bond donors (Lipinski definition) is 2. The predicted molar refractivity (Wildman–Crippen MR) is 109 cm³/mol. The normalized spacial score (nSPS) is 31.6. The summed E-state index contributed by atoms with van der Waals surface area (Å²) in [6.45, 7) is 1.83. The van der Waals surface area contributed by atoms with Gasteiger partial charge in [0.05, 0.1) is 25.2 Å². The summed E-state index contributed by atoms with van der Waals surface area (Å²) >= 11 is 0. The molecular weight excluding hydrogens is 408 g/mol. The molecule has 9 heteroatoms. The minimum absolute atomic E-state index is 0.0726. The molecule has 2 aromatic rings. The molecule has 30 heavy (non-hydrogen) atoms. The van der Waals surface area contributed by atoms with Crippen LogP contribution in [-0.4, -0.2) is 55.1 Å². The molecule has 1 saturated heterocycles. The third kappa shape index (κ3) is 3.33. The van der Waals surface area contributed by atoms with E-state index in [0.29, 0.717) is 6.42 Å². The number of benzene rings is 1. The third-order valence-corrected chi connectivity index (χ3v) is 7.73. The number of carbonyl (C=O) groups is 1. The fourth-order valence-electron chi connectivity index (χ4n) is 6.05. The fourth-order valence-corrected chi connectivity index (χ4v) is 6.57. The molecule has 2 N–H and O–H groups in total. The number of para-hydroxylation sites is 1. The molecule has 162 valence electrons. The zero-order valence-corrected chi connectivity index (χ0v) is 17.6. The van der Waals surface area contributed by atoms with Crippen LogP contribution < -0.4 is 0 Å². The van der Waals surface area contributed by atoms with Gasteiger partial charge in [0.25, 0.3) is 0 Å². The molecule has 1 aromatic heterocycles. The molecule has 0 radical (unpaired) electrons. The van der Waals surface area contributed by atoms with Gasteiger partial charge in [-0.1, -0.05) is 18.2 Å². The molecule has 0 amide bonds. The maximum atomic E-state index is 12.7. The molecule has 3 aliphatic rings. The maximum Gasteiger partial charge on any atom is 0.397 e. The highest BCUT2D eigenvalue weighted by Gasteiger charge is 2.51. The van der Waals surface area contributed by atoms with Gasteiger partial charge in [0.15, 0.2) is 0 Å². The Labute approximate surface area is 175 Å². The summed E-state index contributed by atoms with van der Waals surface area (Å²) < 4.78 is 41.9. The lowest BCUT2D eigenvalue weighted by atomic mass is 9.65. The average molecular weight is 435 g/mol. The molecule has 5 rings (SSSR count). The second-order valence-corrected chi connectivity index (χ2v) is 9.72. The Kier molecular flexibility index (Phi) is 4.89. The quantitative estimate of drug-likeness (QED) is 0.564. The van der Waals surface area contributed by atoms with Crippen molar-refractivity contribution in [2.24, 2.45) is 17.8 Å². The summed E-state index contributed by atoms with van der Waals surface area (Å²) in [5.41, 5.74) is 3.65. The predicted octanol–water partition coefficient (Wildman–Crippen LogP) is 2.47. The fraction of sp³-hybridized carbons (Fsp3) is 0.571. The van der Waals surface area contributed by atoms with Crippen LogP contribution in [0, 0.1) is 17.8 Å². The van der Waals surface area contributed by atoms with Crippen molar-refractivity contribution in [2.75, 3.05) is 20.2 Å². The van der Waals surface area contributed by atoms with E-state index in [1.807, 2.05) is 12.1 Å². The highest BCUT2D eigenvalue weighted by Crippen LogP contribution is 2.50. The van der Waals surface area contributed by atoms with E-state index in [2.05, 4.69) is 22.0 Å². The molecule has 1 aromatic carbocycles. The van der Waals surface area contributed by atoms with Crippen LogP contribution in [-0.2, 0) is 30.5 Å². The van der Waals surface area contributed by atoms with Gasteiger partial charge >= 0.3 is 16.4 Å². The Morgan fingerprint density at radius 3 is 2.83 bits per heavy atom. The van der Waals surface area contributed by atoms with Crippen molar-refractivity contribution >= 4 is 27.3 Å². The number of carbonyl (C=O) groups excluding carboxylic acids is 1. The lowest BCUT2D eigenvalue weighted by molar-refractivity contribution is -0.158. The van der Waals surface area contributed by atoms with E-state index in [0.717, 1.165) is 37.9 Å². The van der Waals surface area contributed by atoms with Crippen molar-refractivity contribution in [3.8, 4) is 0 Å². The van der Waals surface area contributed by atoms with Crippen LogP contribution in [0.1, 0.15) is 36.6 Å². The van der Waals surface area contributed by atoms with E-state index < -0.39 is 28.4 Å². The van der Waals surface area contributed by atoms with Crippen molar-refractivity contribution in [3.05, 3.63) is 35.5 Å². The molecule has 3 heterocycles. The standard InChI is InChI=1S/C21H26N2O6S/c1-28-21(24)19-15-10-17-20-14(13-4-2-3-5-16(13)22-20)8-9-23(17)11-12(15)6-7-18(19)29-30(25,26)27/h2-5,12,15,17-19,22H,6-11H2,1H3,(H,25,26,27)/t12-,15-,17+,18-,19+/m0/s1. The van der Waals surface area contributed by atoms with E-state index >= 15 is 0 Å². The molecule has 1 saturated carbocycles. The van der Waals surface area contributed by atoms with Crippen molar-refractivity contribution < 1.29 is 26.7 Å². The number of fused-ring (bicyclic) bond motifs is 6. The van der Waals surface area contributed by atoms with Gasteiger partial charge < -0.3 is 9.72 Å². The number of aromatic nitrogens is 1. The first-order valence-corrected chi connectivity index (χ1v) is 11.8. The van der Waals surface area contributed by atoms with Crippen LogP contribution in [0.3, 0.4) is 0 Å². The van der Waals surface area contributed by atoms with Gasteiger partial charge in [-0.3, -0.25) is 14.2 Å². The van der Waals surface area contributed by atoms with Crippen molar-refractivity contribution in [1.29, 1.82) is 0 Å². The summed E-state index contributed by atoms with van der Waals surface area (Å²) in [6.07, 6.45) is 1.96. The summed E-state index contributed by atoms with van der Waals surface area (Å²) in [5.74, 6) is -0.999. The SMILES string of the molecule is COC(=O)[C@@H]1[C@H]2C[C@@H]3c4[nH]c5ccccc5c4CCN3C[C@@H]2CC[C@@H]1OS(=O)(=O)O. The van der Waals surface area contributed by atoms with E-state index in [1.165, 1.54) is 23.8 Å². The highest BCUT2D eigenvalue weighted by atomic mass is 32.3. The number of esters is 1. The second kappa shape index (κ2) is 7.33. The minimum atomic E-state index is -4.65. The number of nitrogens with zero attached hydrogens (tertiary/aromatic N) is 1. The van der Waals surface area contributed by atoms with Gasteiger partial charge in [0, 0.05) is 29.7 Å². The van der Waals surface area contributed by atoms with Crippen LogP contribution in [0.15, 0.2) is 24.3 Å². The largest absolute Gasteiger partial charge is 0.469 e. The van der Waals surface area contributed by atoms with Crippen molar-refractivity contribution in [3.63, 3.8) is 0 Å². The first-order chi connectivity index (χ1) is 14.4. The Balaban J connectivity index is 1.50. The Bertz CT molecular complexity index is 1080. The maximum absolute atomic E-state index is 12.7. The Morgan fingerprint density at radius 1 is 1.27 bits per heavy atom. The van der Waals surface area contributed by atoms with Crippen LogP contribution in [0.25, 0.3) is 10.9 Å². The Hall–Kier alpha value is -1.94. The summed E-state index contributed by atoms with van der Waals surface area (Å²) in [4.78, 5) is 18.7. The number of rotatable bonds is 3. The van der Waals surface area contributed by atoms with Crippen molar-refractivity contribution in [1.82, 2.24) is 9.88 Å². The third-order valence-electron chi connectivity index (χ3n) is 7.24. The van der Waals surface area contributed by atoms with Gasteiger partial charge in [-0.25, -0.2) is 4.18 Å². The van der Waals surface area contributed by atoms with Gasteiger partial charge in [-0.15, -0.1) is 0 Å². The molecule has 0 unspecified atom stereocenters. The molecule has 2 aliphatic heterocycles. The number of piperidine rings is 1. The first kappa shape index (κ1) is 20.0. The minimum Gasteiger partial charge on any atom is -0.469 e. The summed E-state index contributed by atoms with van der Waals surface area (Å²) in [5, 5.41) is 1.25. The topological polar surface area (TPSA) is 109 Å². The summed E-state index contributed by atoms with van der Waals surface area (Å²) in [6, 6.07) is 8.42. The van der Waals surface area contributed by atoms with Crippen molar-refractivity contribution in [2.45, 2.75) is 37.8 Å². The van der Waals surface area contributed by atoms with Gasteiger partial charge in [0.1, 0.15) is 0 Å². The number of H-pyrrole nitrogens is 1. The molecular formula is C21H26N2O6S. The molecule has 2 fully saturated rings. The molecule has 5 atom stereocenters. The molecule has 8 nitrogen and oxygen atoms in total. The lowest BCUT2D eigenvalue weighted by Gasteiger charge is -2.51. The van der Waals surface area contributed by atoms with Gasteiger partial charge in [0.2, 0.25) is 0 Å². The van der Waals surface area contributed by atoms with E-state index in [4.69, 9.17) is 8.92 Å². The first-order valence-electron chi connectivity index (χ1n) is 10.4. The van der Waals surface area contributed by atoms with Gasteiger partial charge in [-0.2, -0.15) is 8.42 Å². The number of nitrogens with one attached hydrogen (secondary N) is 1. The molecule has 0 spiro atoms. The van der Waals surface area contributed by atoms with Crippen LogP contribution >= 0.6 is 0 Å². The monoisotopic (exact) mass is 434 g/mol. The second-order valence-electron chi connectivity index (χ2n) is 8.67. The van der Waals surface area contributed by atoms with Crippen LogP contribution in [0.2, 0.25) is 0 Å². The number of methoxy groups -OCH3 is 1. The van der Waals surface area contributed by atoms with Gasteiger partial charge in [-0.05, 0) is 49.1 Å². The lowest BCUT2D eigenvalue weighted by Crippen LogP contribution is -2.54. The average Bonchev–Trinajstić information content (AvgIpc) is 3.10.